The Bertz CT molecular complexity index is 340. The minimum absolute atomic E-state index is 0.0666. The van der Waals surface area contributed by atoms with Crippen LogP contribution in [-0.4, -0.2) is 73.6 Å². The molecule has 3 rings (SSSR count). The molecule has 0 spiro atoms. The number of hydrogen-bond acceptors (Lipinski definition) is 4. The standard InChI is InChI=1S/C16H30N4O/c1-19-9-6-14(7-10-19)20-11-4-13(5-12-20)18-16(21)15-3-2-8-17-15/h13-15,17H,2-12H2,1H3,(H,18,21). The minimum Gasteiger partial charge on any atom is -0.352 e. The van der Waals surface area contributed by atoms with Crippen LogP contribution >= 0.6 is 0 Å². The van der Waals surface area contributed by atoms with Gasteiger partial charge in [0.15, 0.2) is 0 Å². The second-order valence-electron chi connectivity index (χ2n) is 7.00. The third-order valence-electron chi connectivity index (χ3n) is 5.46. The summed E-state index contributed by atoms with van der Waals surface area (Å²) < 4.78 is 0. The van der Waals surface area contributed by atoms with Crippen molar-refractivity contribution in [1.82, 2.24) is 20.4 Å². The lowest BCUT2D eigenvalue weighted by molar-refractivity contribution is -0.123. The average molecular weight is 294 g/mol. The molecule has 21 heavy (non-hydrogen) atoms. The van der Waals surface area contributed by atoms with Gasteiger partial charge < -0.3 is 20.4 Å². The quantitative estimate of drug-likeness (QED) is 0.792. The van der Waals surface area contributed by atoms with Gasteiger partial charge in [-0.3, -0.25) is 4.79 Å². The summed E-state index contributed by atoms with van der Waals surface area (Å²) >= 11 is 0. The third-order valence-corrected chi connectivity index (χ3v) is 5.46. The molecule has 3 aliphatic heterocycles. The number of amides is 1. The maximum absolute atomic E-state index is 12.1. The molecule has 3 saturated heterocycles. The summed E-state index contributed by atoms with van der Waals surface area (Å²) in [6, 6.07) is 1.23. The van der Waals surface area contributed by atoms with Gasteiger partial charge in [0.05, 0.1) is 6.04 Å². The monoisotopic (exact) mass is 294 g/mol. The zero-order chi connectivity index (χ0) is 14.7. The second-order valence-corrected chi connectivity index (χ2v) is 7.00. The molecule has 1 amide bonds. The van der Waals surface area contributed by atoms with Crippen molar-refractivity contribution in [2.75, 3.05) is 39.8 Å². The van der Waals surface area contributed by atoms with Crippen molar-refractivity contribution >= 4 is 5.91 Å². The van der Waals surface area contributed by atoms with E-state index < -0.39 is 0 Å². The second kappa shape index (κ2) is 7.07. The summed E-state index contributed by atoms with van der Waals surface area (Å²) in [5, 5.41) is 6.54. The van der Waals surface area contributed by atoms with E-state index in [1.807, 2.05) is 0 Å². The van der Waals surface area contributed by atoms with E-state index in [1.165, 1.54) is 25.9 Å². The number of hydrogen-bond donors (Lipinski definition) is 2. The lowest BCUT2D eigenvalue weighted by Crippen LogP contribution is -2.52. The van der Waals surface area contributed by atoms with Gasteiger partial charge in [-0.05, 0) is 65.2 Å². The maximum Gasteiger partial charge on any atom is 0.237 e. The minimum atomic E-state index is 0.0666. The van der Waals surface area contributed by atoms with Crippen molar-refractivity contribution in [2.45, 2.75) is 56.7 Å². The smallest absolute Gasteiger partial charge is 0.237 e. The molecule has 2 N–H and O–H groups in total. The molecule has 5 nitrogen and oxygen atoms in total. The zero-order valence-electron chi connectivity index (χ0n) is 13.3. The summed E-state index contributed by atoms with van der Waals surface area (Å²) in [7, 11) is 2.22. The molecule has 5 heteroatoms. The lowest BCUT2D eigenvalue weighted by Gasteiger charge is -2.41. The summed E-state index contributed by atoms with van der Waals surface area (Å²) in [6.45, 7) is 5.75. The topological polar surface area (TPSA) is 47.6 Å². The molecule has 0 saturated carbocycles. The van der Waals surface area contributed by atoms with Crippen molar-refractivity contribution < 1.29 is 4.79 Å². The molecule has 0 aromatic carbocycles. The van der Waals surface area contributed by atoms with Gasteiger partial charge in [-0.15, -0.1) is 0 Å². The van der Waals surface area contributed by atoms with Crippen molar-refractivity contribution in [3.05, 3.63) is 0 Å². The van der Waals surface area contributed by atoms with Gasteiger partial charge in [0, 0.05) is 25.2 Å². The predicted molar refractivity (Wildman–Crippen MR) is 84.3 cm³/mol. The summed E-state index contributed by atoms with van der Waals surface area (Å²) in [5.41, 5.74) is 0. The fourth-order valence-electron chi connectivity index (χ4n) is 3.98. The van der Waals surface area contributed by atoms with E-state index in [0.717, 1.165) is 51.4 Å². The maximum atomic E-state index is 12.1. The Morgan fingerprint density at radius 1 is 1.05 bits per heavy atom. The molecule has 0 radical (unpaired) electrons. The Morgan fingerprint density at radius 2 is 1.76 bits per heavy atom. The normalized spacial score (nSPS) is 30.6. The highest BCUT2D eigenvalue weighted by Gasteiger charge is 2.29. The Kier molecular flexibility index (Phi) is 5.14. The first kappa shape index (κ1) is 15.3. The molecular weight excluding hydrogens is 264 g/mol. The van der Waals surface area contributed by atoms with Gasteiger partial charge >= 0.3 is 0 Å². The SMILES string of the molecule is CN1CCC(N2CCC(NC(=O)C3CCCN3)CC2)CC1. The lowest BCUT2D eigenvalue weighted by atomic mass is 9.98. The molecule has 1 unspecified atom stereocenters. The first-order valence-electron chi connectivity index (χ1n) is 8.69. The first-order valence-corrected chi connectivity index (χ1v) is 8.69. The summed E-state index contributed by atoms with van der Waals surface area (Å²) in [6.07, 6.45) is 6.97. The van der Waals surface area contributed by atoms with Gasteiger partial charge in [0.1, 0.15) is 0 Å². The van der Waals surface area contributed by atoms with Gasteiger partial charge in [-0.25, -0.2) is 0 Å². The highest BCUT2D eigenvalue weighted by Crippen LogP contribution is 2.20. The molecule has 3 heterocycles. The van der Waals surface area contributed by atoms with E-state index in [4.69, 9.17) is 0 Å². The Balaban J connectivity index is 1.39. The fourth-order valence-corrected chi connectivity index (χ4v) is 3.98. The number of likely N-dealkylation sites (tertiary alicyclic amines) is 2. The largest absolute Gasteiger partial charge is 0.352 e. The van der Waals surface area contributed by atoms with E-state index >= 15 is 0 Å². The van der Waals surface area contributed by atoms with Crippen molar-refractivity contribution in [1.29, 1.82) is 0 Å². The van der Waals surface area contributed by atoms with Crippen LogP contribution in [0.15, 0.2) is 0 Å². The number of piperidine rings is 2. The van der Waals surface area contributed by atoms with E-state index in [-0.39, 0.29) is 11.9 Å². The van der Waals surface area contributed by atoms with Crippen LogP contribution in [0.4, 0.5) is 0 Å². The highest BCUT2D eigenvalue weighted by molar-refractivity contribution is 5.82. The van der Waals surface area contributed by atoms with E-state index in [1.54, 1.807) is 0 Å². The molecule has 3 fully saturated rings. The van der Waals surface area contributed by atoms with Crippen molar-refractivity contribution in [3.63, 3.8) is 0 Å². The molecule has 120 valence electrons. The number of rotatable bonds is 3. The molecule has 1 atom stereocenters. The number of carbonyl (C=O) groups is 1. The van der Waals surface area contributed by atoms with Crippen LogP contribution in [0, 0.1) is 0 Å². The molecular formula is C16H30N4O. The first-order chi connectivity index (χ1) is 10.2. The molecule has 3 aliphatic rings. The van der Waals surface area contributed by atoms with Crippen LogP contribution in [0.1, 0.15) is 38.5 Å². The Hall–Kier alpha value is -0.650. The van der Waals surface area contributed by atoms with Crippen LogP contribution in [0.5, 0.6) is 0 Å². The fraction of sp³-hybridized carbons (Fsp3) is 0.938. The highest BCUT2D eigenvalue weighted by atomic mass is 16.2. The number of nitrogens with zero attached hydrogens (tertiary/aromatic N) is 2. The van der Waals surface area contributed by atoms with Crippen LogP contribution < -0.4 is 10.6 Å². The van der Waals surface area contributed by atoms with Crippen LogP contribution in [0.2, 0.25) is 0 Å². The Morgan fingerprint density at radius 3 is 2.38 bits per heavy atom. The molecule has 0 bridgehead atoms. The summed E-state index contributed by atoms with van der Waals surface area (Å²) in [4.78, 5) is 17.2. The Labute approximate surface area is 128 Å². The van der Waals surface area contributed by atoms with Crippen molar-refractivity contribution in [3.8, 4) is 0 Å². The average Bonchev–Trinajstić information content (AvgIpc) is 3.03. The summed E-state index contributed by atoms with van der Waals surface area (Å²) in [5.74, 6) is 0.227. The molecule has 0 aliphatic carbocycles. The van der Waals surface area contributed by atoms with E-state index in [9.17, 15) is 4.79 Å². The van der Waals surface area contributed by atoms with Gasteiger partial charge in [-0.2, -0.15) is 0 Å². The van der Waals surface area contributed by atoms with E-state index in [0.29, 0.717) is 6.04 Å². The molecule has 0 aromatic rings. The number of nitrogens with one attached hydrogen (secondary N) is 2. The van der Waals surface area contributed by atoms with Crippen LogP contribution in [0.3, 0.4) is 0 Å². The zero-order valence-corrected chi connectivity index (χ0v) is 13.3. The number of carbonyl (C=O) groups excluding carboxylic acids is 1. The van der Waals surface area contributed by atoms with Crippen LogP contribution in [0.25, 0.3) is 0 Å². The van der Waals surface area contributed by atoms with E-state index in [2.05, 4.69) is 27.5 Å². The van der Waals surface area contributed by atoms with Crippen molar-refractivity contribution in [2.24, 2.45) is 0 Å². The third kappa shape index (κ3) is 3.96. The molecule has 0 aromatic heterocycles. The van der Waals surface area contributed by atoms with Crippen LogP contribution in [-0.2, 0) is 4.79 Å². The predicted octanol–water partition coefficient (Wildman–Crippen LogP) is 0.413. The van der Waals surface area contributed by atoms with Gasteiger partial charge in [0.25, 0.3) is 0 Å². The van der Waals surface area contributed by atoms with Gasteiger partial charge in [-0.1, -0.05) is 0 Å². The van der Waals surface area contributed by atoms with Gasteiger partial charge in [0.2, 0.25) is 5.91 Å².